The van der Waals surface area contributed by atoms with Gasteiger partial charge in [-0.2, -0.15) is 0 Å². The summed E-state index contributed by atoms with van der Waals surface area (Å²) in [6.45, 7) is 0.651. The van der Waals surface area contributed by atoms with Crippen LogP contribution in [0.15, 0.2) is 27.4 Å². The quantitative estimate of drug-likeness (QED) is 0.842. The van der Waals surface area contributed by atoms with Crippen LogP contribution in [0.2, 0.25) is 0 Å². The van der Waals surface area contributed by atoms with Crippen LogP contribution in [-0.2, 0) is 5.41 Å². The Morgan fingerprint density at radius 2 is 2.27 bits per heavy atom. The molecule has 3 nitrogen and oxygen atoms in total. The van der Waals surface area contributed by atoms with E-state index in [9.17, 15) is 4.79 Å². The average Bonchev–Trinajstić information content (AvgIpc) is 2.93. The van der Waals surface area contributed by atoms with Gasteiger partial charge in [-0.15, -0.1) is 0 Å². The third-order valence-corrected chi connectivity index (χ3v) is 4.05. The summed E-state index contributed by atoms with van der Waals surface area (Å²) >= 11 is 1.18. The summed E-state index contributed by atoms with van der Waals surface area (Å²) in [5.41, 5.74) is 7.80. The van der Waals surface area contributed by atoms with Crippen molar-refractivity contribution in [2.45, 2.75) is 18.3 Å². The Morgan fingerprint density at radius 3 is 2.93 bits per heavy atom. The Bertz CT molecular complexity index is 565. The molecule has 1 aliphatic rings. The number of hydrogen-bond acceptors (Lipinski definition) is 4. The maximum atomic E-state index is 11.2. The minimum Gasteiger partial charge on any atom is -0.414 e. The minimum absolute atomic E-state index is 0.117. The molecule has 1 aromatic heterocycles. The first kappa shape index (κ1) is 9.12. The molecule has 78 valence electrons. The molecule has 0 aliphatic heterocycles. The first-order chi connectivity index (χ1) is 7.25. The van der Waals surface area contributed by atoms with Gasteiger partial charge in [-0.25, -0.2) is 4.79 Å². The fourth-order valence-electron chi connectivity index (χ4n) is 2.05. The smallest absolute Gasteiger partial charge is 0.396 e. The van der Waals surface area contributed by atoms with E-state index in [-0.39, 0.29) is 10.4 Å². The highest BCUT2D eigenvalue weighted by molar-refractivity contribution is 7.16. The molecule has 0 amide bonds. The Balaban J connectivity index is 2.30. The Kier molecular flexibility index (Phi) is 1.78. The lowest BCUT2D eigenvalue weighted by Crippen LogP contribution is -2.19. The third-order valence-electron chi connectivity index (χ3n) is 3.17. The van der Waals surface area contributed by atoms with Crippen LogP contribution in [0.5, 0.6) is 0 Å². The zero-order valence-corrected chi connectivity index (χ0v) is 8.97. The zero-order chi connectivity index (χ0) is 10.5. The van der Waals surface area contributed by atoms with E-state index in [1.165, 1.54) is 16.9 Å². The monoisotopic (exact) mass is 221 g/mol. The fourth-order valence-corrected chi connectivity index (χ4v) is 2.95. The number of hydrogen-bond donors (Lipinski definition) is 1. The maximum absolute atomic E-state index is 11.2. The van der Waals surface area contributed by atoms with Crippen molar-refractivity contribution in [1.82, 2.24) is 0 Å². The van der Waals surface area contributed by atoms with Crippen molar-refractivity contribution in [2.75, 3.05) is 6.54 Å². The van der Waals surface area contributed by atoms with E-state index in [0.717, 1.165) is 17.5 Å². The molecular weight excluding hydrogens is 210 g/mol. The molecule has 2 aromatic rings. The molecule has 0 radical (unpaired) electrons. The van der Waals surface area contributed by atoms with E-state index in [1.54, 1.807) is 0 Å². The van der Waals surface area contributed by atoms with Gasteiger partial charge in [0.1, 0.15) is 5.58 Å². The highest BCUT2D eigenvalue weighted by atomic mass is 32.1. The lowest BCUT2D eigenvalue weighted by molar-refractivity contribution is 0.584. The molecular formula is C11H11NO2S. The molecule has 1 fully saturated rings. The van der Waals surface area contributed by atoms with Crippen LogP contribution in [0.1, 0.15) is 18.4 Å². The second-order valence-electron chi connectivity index (χ2n) is 4.07. The van der Waals surface area contributed by atoms with Gasteiger partial charge in [-0.3, -0.25) is 0 Å². The van der Waals surface area contributed by atoms with Crippen LogP contribution in [0.25, 0.3) is 10.3 Å². The highest BCUT2D eigenvalue weighted by Crippen LogP contribution is 2.49. The summed E-state index contributed by atoms with van der Waals surface area (Å²) in [4.78, 5) is 11.0. The molecule has 0 saturated heterocycles. The summed E-state index contributed by atoms with van der Waals surface area (Å²) in [5.74, 6) is 0. The summed E-state index contributed by atoms with van der Waals surface area (Å²) in [6.07, 6.45) is 2.24. The lowest BCUT2D eigenvalue weighted by atomic mass is 9.96. The highest BCUT2D eigenvalue weighted by Gasteiger charge is 2.44. The van der Waals surface area contributed by atoms with Crippen molar-refractivity contribution in [3.8, 4) is 0 Å². The van der Waals surface area contributed by atoms with Gasteiger partial charge in [0.25, 0.3) is 0 Å². The summed E-state index contributed by atoms with van der Waals surface area (Å²) in [6, 6.07) is 5.83. The van der Waals surface area contributed by atoms with Crippen molar-refractivity contribution in [3.05, 3.63) is 33.5 Å². The van der Waals surface area contributed by atoms with E-state index in [4.69, 9.17) is 10.2 Å². The Morgan fingerprint density at radius 1 is 1.47 bits per heavy atom. The largest absolute Gasteiger partial charge is 0.414 e. The molecule has 3 rings (SSSR count). The summed E-state index contributed by atoms with van der Waals surface area (Å²) in [7, 11) is 0. The molecule has 1 aliphatic carbocycles. The predicted molar refractivity (Wildman–Crippen MR) is 60.3 cm³/mol. The van der Waals surface area contributed by atoms with E-state index in [0.29, 0.717) is 12.1 Å². The van der Waals surface area contributed by atoms with Gasteiger partial charge in [0.15, 0.2) is 0 Å². The van der Waals surface area contributed by atoms with Gasteiger partial charge in [0.2, 0.25) is 0 Å². The zero-order valence-electron chi connectivity index (χ0n) is 8.16. The molecule has 0 unspecified atom stereocenters. The average molecular weight is 221 g/mol. The molecule has 0 atom stereocenters. The molecule has 1 aromatic carbocycles. The summed E-state index contributed by atoms with van der Waals surface area (Å²) < 4.78 is 6.08. The van der Waals surface area contributed by atoms with Crippen LogP contribution >= 0.6 is 11.3 Å². The van der Waals surface area contributed by atoms with Crippen molar-refractivity contribution in [1.29, 1.82) is 0 Å². The second kappa shape index (κ2) is 2.93. The van der Waals surface area contributed by atoms with Crippen LogP contribution < -0.4 is 10.7 Å². The van der Waals surface area contributed by atoms with Crippen LogP contribution in [-0.4, -0.2) is 6.54 Å². The fraction of sp³-hybridized carbons (Fsp3) is 0.364. The van der Waals surface area contributed by atoms with Gasteiger partial charge in [0.05, 0.1) is 4.70 Å². The van der Waals surface area contributed by atoms with E-state index in [2.05, 4.69) is 6.07 Å². The van der Waals surface area contributed by atoms with Crippen molar-refractivity contribution in [2.24, 2.45) is 5.73 Å². The second-order valence-corrected chi connectivity index (χ2v) is 5.02. The Hall–Kier alpha value is -1.13. The molecule has 4 heteroatoms. The first-order valence-corrected chi connectivity index (χ1v) is 5.80. The van der Waals surface area contributed by atoms with Gasteiger partial charge < -0.3 is 10.2 Å². The third kappa shape index (κ3) is 1.25. The van der Waals surface area contributed by atoms with Gasteiger partial charge in [-0.05, 0) is 24.5 Å². The van der Waals surface area contributed by atoms with Crippen LogP contribution in [0, 0.1) is 0 Å². The number of fused-ring (bicyclic) bond motifs is 1. The molecule has 2 N–H and O–H groups in total. The van der Waals surface area contributed by atoms with E-state index in [1.807, 2.05) is 12.1 Å². The van der Waals surface area contributed by atoms with Gasteiger partial charge in [0, 0.05) is 12.0 Å². The van der Waals surface area contributed by atoms with Crippen molar-refractivity contribution >= 4 is 21.6 Å². The van der Waals surface area contributed by atoms with Gasteiger partial charge in [-0.1, -0.05) is 23.5 Å². The maximum Gasteiger partial charge on any atom is 0.396 e. The number of rotatable bonds is 2. The minimum atomic E-state index is -0.231. The Labute approximate surface area is 90.5 Å². The molecule has 1 saturated carbocycles. The molecule has 1 heterocycles. The summed E-state index contributed by atoms with van der Waals surface area (Å²) in [5, 5.41) is 0. The van der Waals surface area contributed by atoms with E-state index >= 15 is 0 Å². The molecule has 0 bridgehead atoms. The number of benzene rings is 1. The SMILES string of the molecule is NCC1(c2cccc3oc(=O)sc23)CC1. The van der Waals surface area contributed by atoms with Crippen molar-refractivity contribution < 1.29 is 4.42 Å². The van der Waals surface area contributed by atoms with Crippen LogP contribution in [0.3, 0.4) is 0 Å². The number of nitrogens with two attached hydrogens (primary N) is 1. The predicted octanol–water partition coefficient (Wildman–Crippen LogP) is 1.84. The normalized spacial score (nSPS) is 18.2. The standard InChI is InChI=1S/C11H11NO2S/c12-6-11(4-5-11)7-2-1-3-8-9(7)15-10(13)14-8/h1-3H,4-6,12H2. The van der Waals surface area contributed by atoms with Crippen molar-refractivity contribution in [3.63, 3.8) is 0 Å². The van der Waals surface area contributed by atoms with E-state index < -0.39 is 0 Å². The topological polar surface area (TPSA) is 56.2 Å². The lowest BCUT2D eigenvalue weighted by Gasteiger charge is -2.12. The van der Waals surface area contributed by atoms with Gasteiger partial charge >= 0.3 is 4.94 Å². The van der Waals surface area contributed by atoms with Crippen LogP contribution in [0.4, 0.5) is 0 Å². The molecule has 15 heavy (non-hydrogen) atoms. The molecule has 0 spiro atoms. The first-order valence-electron chi connectivity index (χ1n) is 4.98.